The molecule has 0 spiro atoms. The van der Waals surface area contributed by atoms with Gasteiger partial charge >= 0.3 is 5.97 Å². The van der Waals surface area contributed by atoms with Gasteiger partial charge in [-0.2, -0.15) is 10.0 Å². The summed E-state index contributed by atoms with van der Waals surface area (Å²) >= 11 is 7.92. The van der Waals surface area contributed by atoms with Crippen LogP contribution >= 0.6 is 34.2 Å². The van der Waals surface area contributed by atoms with Crippen molar-refractivity contribution in [2.24, 2.45) is 0 Å². The molecule has 0 radical (unpaired) electrons. The number of rotatable bonds is 5. The first-order chi connectivity index (χ1) is 10.5. The molecule has 0 saturated carbocycles. The van der Waals surface area contributed by atoms with Crippen molar-refractivity contribution in [1.82, 2.24) is 9.97 Å². The number of carbonyl (C=O) groups excluding carboxylic acids is 1. The lowest BCUT2D eigenvalue weighted by Crippen LogP contribution is -2.23. The van der Waals surface area contributed by atoms with Crippen molar-refractivity contribution in [2.75, 3.05) is 10.8 Å². The van der Waals surface area contributed by atoms with Crippen molar-refractivity contribution in [3.05, 3.63) is 39.1 Å². The second kappa shape index (κ2) is 7.59. The van der Waals surface area contributed by atoms with E-state index in [1.165, 1.54) is 5.06 Å². The minimum Gasteiger partial charge on any atom is -0.368 e. The molecule has 2 rings (SSSR count). The third kappa shape index (κ3) is 4.44. The molecule has 1 aromatic heterocycles. The Labute approximate surface area is 146 Å². The molecule has 1 aromatic carbocycles. The van der Waals surface area contributed by atoms with E-state index in [1.54, 1.807) is 30.3 Å². The van der Waals surface area contributed by atoms with Gasteiger partial charge in [-0.1, -0.05) is 18.5 Å². The first-order valence-electron chi connectivity index (χ1n) is 6.56. The van der Waals surface area contributed by atoms with Crippen LogP contribution in [0.4, 0.5) is 17.5 Å². The molecule has 0 atom stereocenters. The minimum absolute atomic E-state index is 0.104. The van der Waals surface area contributed by atoms with Gasteiger partial charge in [0.15, 0.2) is 5.82 Å². The topological polar surface area (TPSA) is 81.3 Å². The van der Waals surface area contributed by atoms with Crippen molar-refractivity contribution in [2.45, 2.75) is 19.8 Å². The van der Waals surface area contributed by atoms with Crippen LogP contribution in [0.2, 0.25) is 5.02 Å². The van der Waals surface area contributed by atoms with Gasteiger partial charge in [-0.15, -0.1) is 0 Å². The number of nitrogens with two attached hydrogens (primary N) is 1. The van der Waals surface area contributed by atoms with Crippen LogP contribution < -0.4 is 10.8 Å². The monoisotopic (exact) mass is 432 g/mol. The first-order valence-corrected chi connectivity index (χ1v) is 8.02. The second-order valence-corrected chi connectivity index (χ2v) is 5.93. The largest absolute Gasteiger partial charge is 0.368 e. The summed E-state index contributed by atoms with van der Waals surface area (Å²) in [4.78, 5) is 25.4. The molecule has 2 N–H and O–H groups in total. The zero-order valence-corrected chi connectivity index (χ0v) is 14.7. The Morgan fingerprint density at radius 1 is 1.36 bits per heavy atom. The summed E-state index contributed by atoms with van der Waals surface area (Å²) in [7, 11) is 0. The van der Waals surface area contributed by atoms with Crippen molar-refractivity contribution in [3.8, 4) is 0 Å². The van der Waals surface area contributed by atoms with Gasteiger partial charge in [0.1, 0.15) is 3.70 Å². The van der Waals surface area contributed by atoms with Crippen LogP contribution in [0.15, 0.2) is 30.3 Å². The Bertz CT molecular complexity index is 646. The summed E-state index contributed by atoms with van der Waals surface area (Å²) in [6.07, 6.45) is 0.998. The standard InChI is InChI=1S/C14H14ClIN4O2/c1-2-3-13(21)22-20(10-6-4-9(15)5-7-10)12-8-11(16)18-14(17)19-12/h4-8H,2-3H2,1H3,(H2,17,18,19). The molecule has 116 valence electrons. The number of hydrogen-bond acceptors (Lipinski definition) is 6. The number of benzene rings is 1. The Balaban J connectivity index is 2.40. The molecule has 2 aromatic rings. The van der Waals surface area contributed by atoms with Crippen LogP contribution in [0.3, 0.4) is 0 Å². The number of halogens is 2. The van der Waals surface area contributed by atoms with E-state index in [4.69, 9.17) is 22.2 Å². The van der Waals surface area contributed by atoms with E-state index < -0.39 is 0 Å². The molecule has 0 unspecified atom stereocenters. The highest BCUT2D eigenvalue weighted by atomic mass is 127. The van der Waals surface area contributed by atoms with Gasteiger partial charge in [0.05, 0.1) is 5.69 Å². The van der Waals surface area contributed by atoms with E-state index in [0.29, 0.717) is 33.1 Å². The van der Waals surface area contributed by atoms with Gasteiger partial charge in [-0.05, 0) is 53.3 Å². The van der Waals surface area contributed by atoms with E-state index in [-0.39, 0.29) is 11.9 Å². The predicted molar refractivity (Wildman–Crippen MR) is 93.8 cm³/mol. The van der Waals surface area contributed by atoms with Gasteiger partial charge in [0.25, 0.3) is 0 Å². The summed E-state index contributed by atoms with van der Waals surface area (Å²) in [5.41, 5.74) is 6.29. The molecule has 1 heterocycles. The molecule has 8 heteroatoms. The first kappa shape index (κ1) is 16.8. The smallest absolute Gasteiger partial charge is 0.332 e. The highest BCUT2D eigenvalue weighted by molar-refractivity contribution is 14.1. The van der Waals surface area contributed by atoms with E-state index in [1.807, 2.05) is 29.5 Å². The third-order valence-electron chi connectivity index (χ3n) is 2.62. The highest BCUT2D eigenvalue weighted by Gasteiger charge is 2.18. The minimum atomic E-state index is -0.357. The van der Waals surface area contributed by atoms with Crippen LogP contribution in [0, 0.1) is 3.70 Å². The Kier molecular flexibility index (Phi) is 5.78. The Hall–Kier alpha value is -1.61. The molecule has 0 saturated heterocycles. The normalized spacial score (nSPS) is 10.3. The summed E-state index contributed by atoms with van der Waals surface area (Å²) in [6, 6.07) is 8.53. The van der Waals surface area contributed by atoms with Crippen molar-refractivity contribution in [1.29, 1.82) is 0 Å². The number of anilines is 3. The zero-order chi connectivity index (χ0) is 16.1. The molecule has 0 fully saturated rings. The fourth-order valence-corrected chi connectivity index (χ4v) is 2.34. The molecule has 0 aliphatic heterocycles. The summed E-state index contributed by atoms with van der Waals surface area (Å²) < 4.78 is 0.644. The average molecular weight is 433 g/mol. The summed E-state index contributed by atoms with van der Waals surface area (Å²) in [6.45, 7) is 1.90. The van der Waals surface area contributed by atoms with Gasteiger partial charge in [0.2, 0.25) is 5.95 Å². The van der Waals surface area contributed by atoms with E-state index >= 15 is 0 Å². The van der Waals surface area contributed by atoms with Gasteiger partial charge in [-0.3, -0.25) is 0 Å². The number of carbonyl (C=O) groups is 1. The maximum Gasteiger partial charge on any atom is 0.332 e. The second-order valence-electron chi connectivity index (χ2n) is 4.39. The van der Waals surface area contributed by atoms with Crippen molar-refractivity contribution >= 4 is 57.6 Å². The zero-order valence-electron chi connectivity index (χ0n) is 11.8. The molecular formula is C14H14ClIN4O2. The lowest BCUT2D eigenvalue weighted by molar-refractivity contribution is -0.143. The SMILES string of the molecule is CCCC(=O)ON(c1ccc(Cl)cc1)c1cc(I)nc(N)n1. The van der Waals surface area contributed by atoms with E-state index in [2.05, 4.69) is 9.97 Å². The van der Waals surface area contributed by atoms with Crippen LogP contribution in [0.1, 0.15) is 19.8 Å². The maximum absolute atomic E-state index is 11.9. The molecule has 0 aliphatic carbocycles. The highest BCUT2D eigenvalue weighted by Crippen LogP contribution is 2.27. The number of hydrogen-bond donors (Lipinski definition) is 1. The third-order valence-corrected chi connectivity index (χ3v) is 3.42. The number of aromatic nitrogens is 2. The predicted octanol–water partition coefficient (Wildman–Crippen LogP) is 3.71. The van der Waals surface area contributed by atoms with Crippen LogP contribution in [0.25, 0.3) is 0 Å². The quantitative estimate of drug-likeness (QED) is 0.441. The van der Waals surface area contributed by atoms with Crippen molar-refractivity contribution in [3.63, 3.8) is 0 Å². The number of nitrogens with zero attached hydrogens (tertiary/aromatic N) is 3. The Morgan fingerprint density at radius 3 is 2.64 bits per heavy atom. The van der Waals surface area contributed by atoms with Crippen LogP contribution in [-0.4, -0.2) is 15.9 Å². The van der Waals surface area contributed by atoms with Gasteiger partial charge in [-0.25, -0.2) is 9.78 Å². The van der Waals surface area contributed by atoms with Gasteiger partial charge < -0.3 is 10.6 Å². The van der Waals surface area contributed by atoms with E-state index in [0.717, 1.165) is 0 Å². The lowest BCUT2D eigenvalue weighted by Gasteiger charge is -2.22. The fourth-order valence-electron chi connectivity index (χ4n) is 1.69. The molecule has 22 heavy (non-hydrogen) atoms. The Morgan fingerprint density at radius 2 is 2.05 bits per heavy atom. The molecule has 0 aliphatic rings. The average Bonchev–Trinajstić information content (AvgIpc) is 2.45. The van der Waals surface area contributed by atoms with Crippen molar-refractivity contribution < 1.29 is 9.63 Å². The summed E-state index contributed by atoms with van der Waals surface area (Å²) in [5.74, 6) is 0.126. The molecule has 0 amide bonds. The molecular weight excluding hydrogens is 419 g/mol. The number of nitrogen functional groups attached to an aromatic ring is 1. The fraction of sp³-hybridized carbons (Fsp3) is 0.214. The van der Waals surface area contributed by atoms with Crippen LogP contribution in [-0.2, 0) is 9.63 Å². The lowest BCUT2D eigenvalue weighted by atomic mass is 10.3. The molecule has 6 nitrogen and oxygen atoms in total. The van der Waals surface area contributed by atoms with Gasteiger partial charge in [0, 0.05) is 17.5 Å². The van der Waals surface area contributed by atoms with E-state index in [9.17, 15) is 4.79 Å². The van der Waals surface area contributed by atoms with Crippen LogP contribution in [0.5, 0.6) is 0 Å². The maximum atomic E-state index is 11.9. The summed E-state index contributed by atoms with van der Waals surface area (Å²) in [5, 5.41) is 1.91. The molecule has 0 bridgehead atoms.